The fraction of sp³-hybridized carbons (Fsp3) is 0.435. The Balaban J connectivity index is 1.51. The van der Waals surface area contributed by atoms with E-state index in [2.05, 4.69) is 40.9 Å². The molecule has 4 nitrogen and oxygen atoms in total. The van der Waals surface area contributed by atoms with Crippen molar-refractivity contribution in [3.8, 4) is 17.9 Å². The van der Waals surface area contributed by atoms with Crippen molar-refractivity contribution in [1.29, 1.82) is 0 Å². The van der Waals surface area contributed by atoms with Gasteiger partial charge in [0.25, 0.3) is 0 Å². The number of hydrogen-bond donors (Lipinski definition) is 0. The van der Waals surface area contributed by atoms with E-state index >= 15 is 0 Å². The third-order valence-corrected chi connectivity index (χ3v) is 4.82. The van der Waals surface area contributed by atoms with Crippen molar-refractivity contribution in [1.82, 2.24) is 9.97 Å². The van der Waals surface area contributed by atoms with E-state index in [0.29, 0.717) is 18.3 Å². The molecule has 1 atom stereocenters. The lowest BCUT2D eigenvalue weighted by Crippen LogP contribution is -2.25. The van der Waals surface area contributed by atoms with E-state index in [9.17, 15) is 4.79 Å². The molecule has 0 radical (unpaired) electrons. The molecule has 2 aromatic rings. The van der Waals surface area contributed by atoms with Crippen LogP contribution >= 0.6 is 0 Å². The van der Waals surface area contributed by atoms with Gasteiger partial charge in [-0.25, -0.2) is 9.97 Å². The first-order chi connectivity index (χ1) is 13.1. The molecule has 1 saturated carbocycles. The molecule has 1 aromatic heterocycles. The van der Waals surface area contributed by atoms with Crippen LogP contribution in [0.25, 0.3) is 0 Å². The van der Waals surface area contributed by atoms with Crippen LogP contribution in [0.3, 0.4) is 0 Å². The zero-order valence-corrected chi connectivity index (χ0v) is 16.1. The summed E-state index contributed by atoms with van der Waals surface area (Å²) < 4.78 is 5.65. The third-order valence-electron chi connectivity index (χ3n) is 4.82. The fourth-order valence-corrected chi connectivity index (χ4v) is 2.98. The van der Waals surface area contributed by atoms with Crippen LogP contribution in [0, 0.1) is 17.8 Å². The van der Waals surface area contributed by atoms with Gasteiger partial charge in [0, 0.05) is 24.4 Å². The Bertz CT molecular complexity index is 812. The summed E-state index contributed by atoms with van der Waals surface area (Å²) in [7, 11) is 0. The highest BCUT2D eigenvalue weighted by atomic mass is 16.5. The van der Waals surface area contributed by atoms with Gasteiger partial charge in [0.2, 0.25) is 0 Å². The molecule has 1 aromatic carbocycles. The van der Waals surface area contributed by atoms with Crippen molar-refractivity contribution < 1.29 is 9.53 Å². The van der Waals surface area contributed by atoms with Crippen molar-refractivity contribution in [2.45, 2.75) is 58.5 Å². The van der Waals surface area contributed by atoms with E-state index in [1.54, 1.807) is 19.3 Å². The van der Waals surface area contributed by atoms with Crippen LogP contribution in [0.5, 0.6) is 6.01 Å². The second-order valence-electron chi connectivity index (χ2n) is 7.42. The monoisotopic (exact) mass is 362 g/mol. The van der Waals surface area contributed by atoms with Gasteiger partial charge in [0.05, 0.1) is 5.56 Å². The van der Waals surface area contributed by atoms with Gasteiger partial charge in [-0.2, -0.15) is 0 Å². The third kappa shape index (κ3) is 6.21. The van der Waals surface area contributed by atoms with Crippen LogP contribution in [0.15, 0.2) is 36.7 Å². The molecule has 0 saturated heterocycles. The molecule has 0 spiro atoms. The maximum atomic E-state index is 11.2. The van der Waals surface area contributed by atoms with E-state index in [1.165, 1.54) is 12.0 Å². The molecular weight excluding hydrogens is 336 g/mol. The largest absolute Gasteiger partial charge is 0.460 e. The van der Waals surface area contributed by atoms with E-state index in [0.717, 1.165) is 36.8 Å². The zero-order valence-electron chi connectivity index (χ0n) is 16.1. The Morgan fingerprint density at radius 1 is 1.15 bits per heavy atom. The highest BCUT2D eigenvalue weighted by Crippen LogP contribution is 2.22. The molecule has 1 aliphatic carbocycles. The lowest BCUT2D eigenvalue weighted by molar-refractivity contribution is -0.117. The minimum Gasteiger partial charge on any atom is -0.460 e. The SMILES string of the molecule is CC(=O)CC(C)CCc1ccc(C#Cc2cnc(OC3CCC3)nc2)cc1. The smallest absolute Gasteiger partial charge is 0.316 e. The summed E-state index contributed by atoms with van der Waals surface area (Å²) in [4.78, 5) is 19.6. The molecule has 4 heteroatoms. The van der Waals surface area contributed by atoms with Gasteiger partial charge in [-0.1, -0.05) is 30.9 Å². The van der Waals surface area contributed by atoms with Crippen LogP contribution in [0.2, 0.25) is 0 Å². The quantitative estimate of drug-likeness (QED) is 0.687. The number of hydrogen-bond acceptors (Lipinski definition) is 4. The summed E-state index contributed by atoms with van der Waals surface area (Å²) in [5.41, 5.74) is 3.01. The number of ether oxygens (including phenoxy) is 1. The first-order valence-corrected chi connectivity index (χ1v) is 9.67. The second-order valence-corrected chi connectivity index (χ2v) is 7.42. The summed E-state index contributed by atoms with van der Waals surface area (Å²) in [6.07, 6.45) is 9.78. The first-order valence-electron chi connectivity index (χ1n) is 9.67. The molecule has 140 valence electrons. The molecule has 27 heavy (non-hydrogen) atoms. The number of carbonyl (C=O) groups is 1. The molecule has 1 heterocycles. The van der Waals surface area contributed by atoms with Gasteiger partial charge in [-0.3, -0.25) is 0 Å². The lowest BCUT2D eigenvalue weighted by Gasteiger charge is -2.24. The van der Waals surface area contributed by atoms with Crippen LogP contribution in [-0.2, 0) is 11.2 Å². The van der Waals surface area contributed by atoms with Crippen LogP contribution in [-0.4, -0.2) is 21.9 Å². The van der Waals surface area contributed by atoms with Crippen molar-refractivity contribution in [3.63, 3.8) is 0 Å². The summed E-state index contributed by atoms with van der Waals surface area (Å²) >= 11 is 0. The van der Waals surface area contributed by atoms with E-state index < -0.39 is 0 Å². The first kappa shape index (κ1) is 19.1. The minimum absolute atomic E-state index is 0.264. The summed E-state index contributed by atoms with van der Waals surface area (Å²) in [6, 6.07) is 8.72. The number of nitrogens with zero attached hydrogens (tertiary/aromatic N) is 2. The van der Waals surface area contributed by atoms with Gasteiger partial charge in [-0.15, -0.1) is 0 Å². The topological polar surface area (TPSA) is 52.1 Å². The van der Waals surface area contributed by atoms with Crippen molar-refractivity contribution >= 4 is 5.78 Å². The maximum absolute atomic E-state index is 11.2. The van der Waals surface area contributed by atoms with Gasteiger partial charge in [0.1, 0.15) is 11.9 Å². The summed E-state index contributed by atoms with van der Waals surface area (Å²) in [5, 5.41) is 0. The molecular formula is C23H26N2O2. The Kier molecular flexibility index (Phi) is 6.59. The van der Waals surface area contributed by atoms with Gasteiger partial charge in [0.15, 0.2) is 0 Å². The standard InChI is InChI=1S/C23H26N2O2/c1-17(14-18(2)26)6-7-19-8-10-20(11-9-19)12-13-21-15-24-23(25-16-21)27-22-4-3-5-22/h8-11,15-17,22H,3-7,14H2,1-2H3. The number of carbonyl (C=O) groups excluding carboxylic acids is 1. The van der Waals surface area contributed by atoms with Crippen LogP contribution in [0.4, 0.5) is 0 Å². The number of aryl methyl sites for hydroxylation is 1. The Hall–Kier alpha value is -2.67. The predicted molar refractivity (Wildman–Crippen MR) is 106 cm³/mol. The van der Waals surface area contributed by atoms with Gasteiger partial charge < -0.3 is 9.53 Å². The zero-order chi connectivity index (χ0) is 19.1. The molecule has 1 fully saturated rings. The van der Waals surface area contributed by atoms with Gasteiger partial charge >= 0.3 is 6.01 Å². The fourth-order valence-electron chi connectivity index (χ4n) is 2.98. The lowest BCUT2D eigenvalue weighted by atomic mass is 9.96. The second kappa shape index (κ2) is 9.32. The normalized spacial score (nSPS) is 14.6. The maximum Gasteiger partial charge on any atom is 0.316 e. The average molecular weight is 362 g/mol. The molecule has 3 rings (SSSR count). The predicted octanol–water partition coefficient (Wildman–Crippen LogP) is 4.36. The molecule has 0 aliphatic heterocycles. The molecule has 0 N–H and O–H groups in total. The highest BCUT2D eigenvalue weighted by molar-refractivity contribution is 5.75. The number of ketones is 1. The van der Waals surface area contributed by atoms with Crippen LogP contribution < -0.4 is 4.74 Å². The van der Waals surface area contributed by atoms with E-state index in [-0.39, 0.29) is 11.9 Å². The van der Waals surface area contributed by atoms with Crippen molar-refractivity contribution in [2.24, 2.45) is 5.92 Å². The number of rotatable bonds is 7. The number of benzene rings is 1. The van der Waals surface area contributed by atoms with E-state index in [4.69, 9.17) is 4.74 Å². The highest BCUT2D eigenvalue weighted by Gasteiger charge is 2.19. The Morgan fingerprint density at radius 3 is 2.41 bits per heavy atom. The Labute approximate surface area is 161 Å². The number of aromatic nitrogens is 2. The molecule has 1 unspecified atom stereocenters. The molecule has 1 aliphatic rings. The van der Waals surface area contributed by atoms with E-state index in [1.807, 2.05) is 12.1 Å². The molecule has 0 amide bonds. The Morgan fingerprint density at radius 2 is 1.81 bits per heavy atom. The van der Waals surface area contributed by atoms with Gasteiger partial charge in [-0.05, 0) is 62.6 Å². The summed E-state index contributed by atoms with van der Waals surface area (Å²) in [5.74, 6) is 6.93. The average Bonchev–Trinajstić information content (AvgIpc) is 2.62. The van der Waals surface area contributed by atoms with Crippen molar-refractivity contribution in [2.75, 3.05) is 0 Å². The summed E-state index contributed by atoms with van der Waals surface area (Å²) in [6.45, 7) is 3.79. The van der Waals surface area contributed by atoms with Crippen LogP contribution in [0.1, 0.15) is 62.6 Å². The van der Waals surface area contributed by atoms with Crippen molar-refractivity contribution in [3.05, 3.63) is 53.3 Å². The molecule has 0 bridgehead atoms. The minimum atomic E-state index is 0.264. The number of Topliss-reactive ketones (excluding diaryl/α,β-unsaturated/α-hetero) is 1.